The molecule has 216 valence electrons. The Morgan fingerprint density at radius 1 is 0.763 bits per heavy atom. The van der Waals surface area contributed by atoms with Gasteiger partial charge in [0.05, 0.1) is 0 Å². The molecule has 12 nitrogen and oxygen atoms in total. The molecule has 1 aliphatic rings. The van der Waals surface area contributed by atoms with Gasteiger partial charge in [-0.1, -0.05) is 88.2 Å². The third-order valence-corrected chi connectivity index (χ3v) is 6.60. The van der Waals surface area contributed by atoms with Crippen molar-refractivity contribution in [2.45, 2.75) is 118 Å². The normalized spacial score (nSPS) is 30.3. The quantitative estimate of drug-likeness (QED) is 0.211. The average molecular weight is 542 g/mol. The van der Waals surface area contributed by atoms with Crippen LogP contribution in [0.4, 0.5) is 0 Å². The van der Waals surface area contributed by atoms with E-state index in [-0.39, 0.29) is 0 Å². The number of nitrogens with zero attached hydrogens (tertiary/aromatic N) is 3. The maximum Gasteiger partial charge on any atom is 0.268 e. The van der Waals surface area contributed by atoms with Gasteiger partial charge in [0.1, 0.15) is 18.2 Å². The molecular weight excluding hydrogens is 498 g/mol. The SMILES string of the molecule is CC(C)(C)C(=O)C(O)[C@H](N=[N+]=[N-])[C@H]1O[C@](O)(C(=O)C(C)(C)C)[C@](O)(C(=O)C(C)(C)C)[C@@]1(O)C(=O)C(C)(C)C. The summed E-state index contributed by atoms with van der Waals surface area (Å²) in [5, 5.41) is 50.6. The van der Waals surface area contributed by atoms with E-state index in [1.165, 1.54) is 83.1 Å². The Morgan fingerprint density at radius 2 is 1.16 bits per heavy atom. The van der Waals surface area contributed by atoms with Gasteiger partial charge in [-0.25, -0.2) is 0 Å². The van der Waals surface area contributed by atoms with Crippen molar-refractivity contribution in [1.29, 1.82) is 0 Å². The summed E-state index contributed by atoms with van der Waals surface area (Å²) in [6.45, 7) is 16.4. The van der Waals surface area contributed by atoms with Crippen molar-refractivity contribution in [3.8, 4) is 0 Å². The van der Waals surface area contributed by atoms with Gasteiger partial charge in [0.25, 0.3) is 5.79 Å². The van der Waals surface area contributed by atoms with Crippen LogP contribution in [0.25, 0.3) is 10.4 Å². The zero-order chi connectivity index (χ0) is 30.7. The number of Topliss-reactive ketones (excluding diaryl/α,β-unsaturated/α-hetero) is 4. The zero-order valence-corrected chi connectivity index (χ0v) is 24.4. The van der Waals surface area contributed by atoms with Gasteiger partial charge in [-0.15, -0.1) is 0 Å². The van der Waals surface area contributed by atoms with Gasteiger partial charge in [-0.3, -0.25) is 19.2 Å². The summed E-state index contributed by atoms with van der Waals surface area (Å²) >= 11 is 0. The molecule has 4 N–H and O–H groups in total. The van der Waals surface area contributed by atoms with Crippen LogP contribution in [0.5, 0.6) is 0 Å². The van der Waals surface area contributed by atoms with Crippen molar-refractivity contribution in [2.75, 3.05) is 0 Å². The Bertz CT molecular complexity index is 1050. The second-order valence-electron chi connectivity index (χ2n) is 14.2. The van der Waals surface area contributed by atoms with E-state index in [9.17, 15) is 45.1 Å². The van der Waals surface area contributed by atoms with Gasteiger partial charge < -0.3 is 25.2 Å². The smallest absolute Gasteiger partial charge is 0.268 e. The van der Waals surface area contributed by atoms with Gasteiger partial charge >= 0.3 is 0 Å². The Hall–Kier alpha value is -2.21. The lowest BCUT2D eigenvalue weighted by Crippen LogP contribution is -2.77. The first-order valence-corrected chi connectivity index (χ1v) is 12.3. The zero-order valence-electron chi connectivity index (χ0n) is 24.4. The number of aliphatic hydroxyl groups is 4. The third-order valence-electron chi connectivity index (χ3n) is 6.60. The highest BCUT2D eigenvalue weighted by atomic mass is 16.7. The number of aliphatic hydroxyl groups excluding tert-OH is 1. The molecule has 0 aromatic carbocycles. The van der Waals surface area contributed by atoms with E-state index in [4.69, 9.17) is 4.74 Å². The van der Waals surface area contributed by atoms with Gasteiger partial charge in [0, 0.05) is 26.6 Å². The van der Waals surface area contributed by atoms with E-state index in [0.717, 1.165) is 0 Å². The highest BCUT2D eigenvalue weighted by Crippen LogP contribution is 2.55. The Morgan fingerprint density at radius 3 is 1.47 bits per heavy atom. The largest absolute Gasteiger partial charge is 0.385 e. The van der Waals surface area contributed by atoms with Crippen LogP contribution in [0.2, 0.25) is 0 Å². The van der Waals surface area contributed by atoms with Crippen LogP contribution in [0, 0.1) is 21.7 Å². The highest BCUT2D eigenvalue weighted by Gasteiger charge is 2.84. The number of azide groups is 1. The molecule has 0 bridgehead atoms. The minimum atomic E-state index is -3.65. The third kappa shape index (κ3) is 5.17. The molecular formula is C26H43N3O9. The molecule has 1 aliphatic heterocycles. The second-order valence-corrected chi connectivity index (χ2v) is 14.2. The molecule has 12 heteroatoms. The van der Waals surface area contributed by atoms with Crippen molar-refractivity contribution in [3.63, 3.8) is 0 Å². The van der Waals surface area contributed by atoms with Crippen molar-refractivity contribution < 1.29 is 44.3 Å². The average Bonchev–Trinajstić information content (AvgIpc) is 2.92. The van der Waals surface area contributed by atoms with Crippen LogP contribution in [0.1, 0.15) is 83.1 Å². The van der Waals surface area contributed by atoms with E-state index in [0.29, 0.717) is 0 Å². The van der Waals surface area contributed by atoms with Crippen molar-refractivity contribution in [1.82, 2.24) is 0 Å². The Kier molecular flexibility index (Phi) is 8.69. The van der Waals surface area contributed by atoms with Crippen molar-refractivity contribution >= 4 is 23.1 Å². The van der Waals surface area contributed by atoms with E-state index in [1.807, 2.05) is 0 Å². The molecule has 1 unspecified atom stereocenters. The van der Waals surface area contributed by atoms with Crippen LogP contribution in [-0.2, 0) is 23.9 Å². The van der Waals surface area contributed by atoms with Crippen LogP contribution >= 0.6 is 0 Å². The van der Waals surface area contributed by atoms with Crippen molar-refractivity contribution in [2.24, 2.45) is 26.8 Å². The molecule has 0 amide bonds. The number of ether oxygens (including phenoxy) is 1. The fraction of sp³-hybridized carbons (Fsp3) is 0.846. The maximum absolute atomic E-state index is 13.9. The topological polar surface area (TPSA) is 207 Å². The lowest BCUT2D eigenvalue weighted by molar-refractivity contribution is -0.259. The number of rotatable bonds is 7. The molecule has 1 heterocycles. The summed E-state index contributed by atoms with van der Waals surface area (Å²) in [5.41, 5.74) is -3.66. The maximum atomic E-state index is 13.9. The van der Waals surface area contributed by atoms with E-state index >= 15 is 0 Å². The fourth-order valence-electron chi connectivity index (χ4n) is 4.54. The van der Waals surface area contributed by atoms with Crippen LogP contribution < -0.4 is 0 Å². The summed E-state index contributed by atoms with van der Waals surface area (Å²) in [6, 6.07) is -2.15. The molecule has 0 aliphatic carbocycles. The predicted molar refractivity (Wildman–Crippen MR) is 137 cm³/mol. The molecule has 1 fully saturated rings. The van der Waals surface area contributed by atoms with Gasteiger partial charge in [0.15, 0.2) is 23.0 Å². The van der Waals surface area contributed by atoms with Gasteiger partial charge in [-0.2, -0.15) is 0 Å². The number of ketones is 4. The predicted octanol–water partition coefficient (Wildman–Crippen LogP) is 2.04. The van der Waals surface area contributed by atoms with Crippen LogP contribution in [0.3, 0.4) is 0 Å². The number of carbonyl (C=O) groups excluding carboxylic acids is 4. The van der Waals surface area contributed by atoms with E-state index in [2.05, 4.69) is 10.0 Å². The second kappa shape index (κ2) is 9.76. The van der Waals surface area contributed by atoms with Crippen LogP contribution in [0.15, 0.2) is 5.11 Å². The lowest BCUT2D eigenvalue weighted by Gasteiger charge is -2.46. The number of hydrogen-bond acceptors (Lipinski definition) is 10. The molecule has 38 heavy (non-hydrogen) atoms. The first-order valence-electron chi connectivity index (χ1n) is 12.3. The molecule has 0 aromatic rings. The summed E-state index contributed by atoms with van der Waals surface area (Å²) in [4.78, 5) is 57.1. The molecule has 0 saturated carbocycles. The Balaban J connectivity index is 4.35. The first-order chi connectivity index (χ1) is 16.6. The fourth-order valence-corrected chi connectivity index (χ4v) is 4.54. The number of carbonyl (C=O) groups is 4. The van der Waals surface area contributed by atoms with E-state index < -0.39 is 80.0 Å². The highest BCUT2D eigenvalue weighted by molar-refractivity contribution is 6.10. The molecule has 1 rings (SSSR count). The number of hydrogen-bond donors (Lipinski definition) is 4. The summed E-state index contributed by atoms with van der Waals surface area (Å²) in [7, 11) is 0. The molecule has 6 atom stereocenters. The Labute approximate surface area is 223 Å². The van der Waals surface area contributed by atoms with Gasteiger partial charge in [-0.05, 0) is 5.53 Å². The summed E-state index contributed by atoms with van der Waals surface area (Å²) < 4.78 is 5.59. The lowest BCUT2D eigenvalue weighted by atomic mass is 9.59. The standard InChI is InChI=1S/C26H43N3O9/c1-20(2,3)15(31)14(30)13(28-29-27)16-24(35,17(32)21(4,5)6)25(36,18(33)22(7,8)9)26(37,38-16)19(34)23(10,11)12/h13-14,16,30,35-37H,1-12H3/t13-,14?,16+,24-,25-,26+/m0/s1. The molecule has 0 radical (unpaired) electrons. The summed E-state index contributed by atoms with van der Waals surface area (Å²) in [5.74, 6) is -8.31. The summed E-state index contributed by atoms with van der Waals surface area (Å²) in [6.07, 6.45) is -4.63. The van der Waals surface area contributed by atoms with Gasteiger partial charge in [0.2, 0.25) is 11.4 Å². The molecule has 1 saturated heterocycles. The van der Waals surface area contributed by atoms with E-state index in [1.54, 1.807) is 0 Å². The minimum absolute atomic E-state index is 0.896. The minimum Gasteiger partial charge on any atom is -0.385 e. The molecule has 0 spiro atoms. The van der Waals surface area contributed by atoms with Crippen molar-refractivity contribution in [3.05, 3.63) is 10.4 Å². The first kappa shape index (κ1) is 33.8. The monoisotopic (exact) mass is 541 g/mol. The van der Waals surface area contributed by atoms with Crippen LogP contribution in [-0.4, -0.2) is 78.8 Å². The molecule has 0 aromatic heterocycles.